The number of ether oxygens (including phenoxy) is 1. The quantitative estimate of drug-likeness (QED) is 0.918. The molecule has 0 atom stereocenters. The maximum absolute atomic E-state index is 11.9. The van der Waals surface area contributed by atoms with E-state index in [0.29, 0.717) is 18.1 Å². The van der Waals surface area contributed by atoms with Gasteiger partial charge in [0.1, 0.15) is 6.10 Å². The molecular formula is C16H19N3O3. The van der Waals surface area contributed by atoms with Gasteiger partial charge in [0.25, 0.3) is 5.91 Å². The van der Waals surface area contributed by atoms with Gasteiger partial charge in [-0.3, -0.25) is 4.79 Å². The minimum Gasteiger partial charge on any atom is -0.474 e. The fourth-order valence-electron chi connectivity index (χ4n) is 2.54. The Morgan fingerprint density at radius 1 is 1.41 bits per heavy atom. The molecular weight excluding hydrogens is 282 g/mol. The third-order valence-corrected chi connectivity index (χ3v) is 3.69. The van der Waals surface area contributed by atoms with Crippen molar-refractivity contribution in [3.05, 3.63) is 41.4 Å². The maximum atomic E-state index is 11.9. The summed E-state index contributed by atoms with van der Waals surface area (Å²) in [4.78, 5) is 16.1. The summed E-state index contributed by atoms with van der Waals surface area (Å²) < 4.78 is 10.8. The van der Waals surface area contributed by atoms with Gasteiger partial charge in [-0.05, 0) is 44.2 Å². The van der Waals surface area contributed by atoms with Crippen molar-refractivity contribution in [2.24, 2.45) is 0 Å². The molecule has 0 aromatic carbocycles. The van der Waals surface area contributed by atoms with Crippen LogP contribution < -0.4 is 10.1 Å². The van der Waals surface area contributed by atoms with E-state index in [1.54, 1.807) is 19.2 Å². The molecule has 0 spiro atoms. The molecule has 2 aromatic heterocycles. The number of carbonyl (C=O) groups is 1. The van der Waals surface area contributed by atoms with E-state index in [1.807, 2.05) is 12.1 Å². The average Bonchev–Trinajstić information content (AvgIpc) is 3.17. The lowest BCUT2D eigenvalue weighted by molar-refractivity contribution is 0.0913. The van der Waals surface area contributed by atoms with E-state index in [2.05, 4.69) is 15.5 Å². The Labute approximate surface area is 128 Å². The van der Waals surface area contributed by atoms with Crippen LogP contribution in [0.25, 0.3) is 0 Å². The highest BCUT2D eigenvalue weighted by molar-refractivity contribution is 5.91. The van der Waals surface area contributed by atoms with E-state index < -0.39 is 0 Å². The van der Waals surface area contributed by atoms with Gasteiger partial charge in [-0.15, -0.1) is 0 Å². The Balaban J connectivity index is 1.57. The van der Waals surface area contributed by atoms with Gasteiger partial charge in [-0.25, -0.2) is 4.98 Å². The van der Waals surface area contributed by atoms with Crippen LogP contribution in [0.4, 0.5) is 0 Å². The molecule has 3 rings (SSSR count). The number of carbonyl (C=O) groups excluding carboxylic acids is 1. The van der Waals surface area contributed by atoms with Crippen LogP contribution in [0.5, 0.6) is 5.88 Å². The van der Waals surface area contributed by atoms with Crippen LogP contribution in [0.3, 0.4) is 0 Å². The van der Waals surface area contributed by atoms with Gasteiger partial charge in [-0.2, -0.15) is 0 Å². The summed E-state index contributed by atoms with van der Waals surface area (Å²) in [6.45, 7) is 2.16. The molecule has 22 heavy (non-hydrogen) atoms. The molecule has 1 aliphatic carbocycles. The van der Waals surface area contributed by atoms with Crippen molar-refractivity contribution in [2.75, 3.05) is 0 Å². The number of rotatable bonds is 5. The number of pyridine rings is 1. The van der Waals surface area contributed by atoms with Crippen molar-refractivity contribution in [3.63, 3.8) is 0 Å². The van der Waals surface area contributed by atoms with Crippen LogP contribution in [0.2, 0.25) is 0 Å². The molecule has 2 heterocycles. The fourth-order valence-corrected chi connectivity index (χ4v) is 2.54. The molecule has 6 nitrogen and oxygen atoms in total. The second-order valence-electron chi connectivity index (χ2n) is 5.54. The molecule has 0 radical (unpaired) electrons. The number of hydrogen-bond donors (Lipinski definition) is 1. The normalized spacial score (nSPS) is 15.0. The molecule has 1 amide bonds. The predicted octanol–water partition coefficient (Wildman–Crippen LogP) is 2.63. The van der Waals surface area contributed by atoms with Crippen molar-refractivity contribution in [3.8, 4) is 5.88 Å². The van der Waals surface area contributed by atoms with Gasteiger partial charge in [0, 0.05) is 24.9 Å². The third-order valence-electron chi connectivity index (χ3n) is 3.69. The zero-order valence-corrected chi connectivity index (χ0v) is 12.5. The summed E-state index contributed by atoms with van der Waals surface area (Å²) in [5, 5.41) is 6.49. The first-order chi connectivity index (χ1) is 10.7. The van der Waals surface area contributed by atoms with Crippen molar-refractivity contribution < 1.29 is 14.1 Å². The molecule has 0 unspecified atom stereocenters. The predicted molar refractivity (Wildman–Crippen MR) is 79.5 cm³/mol. The van der Waals surface area contributed by atoms with Gasteiger partial charge >= 0.3 is 0 Å². The van der Waals surface area contributed by atoms with Crippen LogP contribution in [-0.4, -0.2) is 22.2 Å². The lowest BCUT2D eigenvalue weighted by Crippen LogP contribution is -2.22. The molecule has 1 aliphatic rings. The van der Waals surface area contributed by atoms with Crippen LogP contribution in [0.15, 0.2) is 28.9 Å². The Morgan fingerprint density at radius 3 is 2.95 bits per heavy atom. The summed E-state index contributed by atoms with van der Waals surface area (Å²) in [6.07, 6.45) is 6.59. The highest BCUT2D eigenvalue weighted by Crippen LogP contribution is 2.23. The van der Waals surface area contributed by atoms with E-state index in [1.165, 1.54) is 12.8 Å². The van der Waals surface area contributed by atoms with Crippen LogP contribution in [0, 0.1) is 6.92 Å². The number of nitrogens with zero attached hydrogens (tertiary/aromatic N) is 2. The van der Waals surface area contributed by atoms with E-state index >= 15 is 0 Å². The Hall–Kier alpha value is -2.37. The van der Waals surface area contributed by atoms with E-state index in [9.17, 15) is 4.79 Å². The van der Waals surface area contributed by atoms with Crippen molar-refractivity contribution in [1.82, 2.24) is 15.5 Å². The third kappa shape index (κ3) is 3.63. The number of aryl methyl sites for hydroxylation is 1. The summed E-state index contributed by atoms with van der Waals surface area (Å²) >= 11 is 0. The first-order valence-corrected chi connectivity index (χ1v) is 7.54. The highest BCUT2D eigenvalue weighted by atomic mass is 16.5. The van der Waals surface area contributed by atoms with Crippen LogP contribution in [0.1, 0.15) is 47.5 Å². The van der Waals surface area contributed by atoms with Crippen molar-refractivity contribution >= 4 is 5.91 Å². The molecule has 0 bridgehead atoms. The largest absolute Gasteiger partial charge is 0.474 e. The molecule has 116 valence electrons. The molecule has 0 aliphatic heterocycles. The number of hydrogen-bond acceptors (Lipinski definition) is 5. The van der Waals surface area contributed by atoms with E-state index in [4.69, 9.17) is 9.26 Å². The molecule has 1 fully saturated rings. The number of aromatic nitrogens is 2. The highest BCUT2D eigenvalue weighted by Gasteiger charge is 2.17. The summed E-state index contributed by atoms with van der Waals surface area (Å²) in [6, 6.07) is 5.33. The summed E-state index contributed by atoms with van der Waals surface area (Å²) in [5.74, 6) is 0.554. The maximum Gasteiger partial charge on any atom is 0.290 e. The van der Waals surface area contributed by atoms with Crippen molar-refractivity contribution in [2.45, 2.75) is 45.3 Å². The minimum absolute atomic E-state index is 0.217. The van der Waals surface area contributed by atoms with Crippen molar-refractivity contribution in [1.29, 1.82) is 0 Å². The lowest BCUT2D eigenvalue weighted by atomic mass is 10.2. The van der Waals surface area contributed by atoms with E-state index in [0.717, 1.165) is 18.4 Å². The SMILES string of the molecule is Cc1cc(C(=O)NCc2ccnc(OC3CCCC3)c2)on1. The van der Waals surface area contributed by atoms with Gasteiger partial charge in [0.05, 0.1) is 5.69 Å². The minimum atomic E-state index is -0.282. The monoisotopic (exact) mass is 301 g/mol. The standard InChI is InChI=1S/C16H19N3O3/c1-11-8-14(22-19-11)16(20)18-10-12-6-7-17-15(9-12)21-13-4-2-3-5-13/h6-9,13H,2-5,10H2,1H3,(H,18,20). The Morgan fingerprint density at radius 2 is 2.23 bits per heavy atom. The Kier molecular flexibility index (Phi) is 4.37. The first kappa shape index (κ1) is 14.6. The van der Waals surface area contributed by atoms with Gasteiger partial charge in [0.2, 0.25) is 11.6 Å². The summed E-state index contributed by atoms with van der Waals surface area (Å²) in [5.41, 5.74) is 1.62. The van der Waals surface area contributed by atoms with Gasteiger partial charge < -0.3 is 14.6 Å². The van der Waals surface area contributed by atoms with E-state index in [-0.39, 0.29) is 17.8 Å². The molecule has 1 N–H and O–H groups in total. The number of nitrogens with one attached hydrogen (secondary N) is 1. The Bertz CT molecular complexity index is 648. The second kappa shape index (κ2) is 6.60. The summed E-state index contributed by atoms with van der Waals surface area (Å²) in [7, 11) is 0. The fraction of sp³-hybridized carbons (Fsp3) is 0.438. The lowest BCUT2D eigenvalue weighted by Gasteiger charge is -2.12. The van der Waals surface area contributed by atoms with Crippen LogP contribution >= 0.6 is 0 Å². The molecule has 1 saturated carbocycles. The average molecular weight is 301 g/mol. The molecule has 6 heteroatoms. The first-order valence-electron chi connectivity index (χ1n) is 7.54. The van der Waals surface area contributed by atoms with Gasteiger partial charge in [0.15, 0.2) is 0 Å². The van der Waals surface area contributed by atoms with Crippen LogP contribution in [-0.2, 0) is 6.54 Å². The molecule has 0 saturated heterocycles. The number of amides is 1. The second-order valence-corrected chi connectivity index (χ2v) is 5.54. The smallest absolute Gasteiger partial charge is 0.290 e. The zero-order valence-electron chi connectivity index (χ0n) is 12.5. The zero-order chi connectivity index (χ0) is 15.4. The topological polar surface area (TPSA) is 77.2 Å². The molecule has 2 aromatic rings. The van der Waals surface area contributed by atoms with Gasteiger partial charge in [-0.1, -0.05) is 5.16 Å².